The zero-order valence-corrected chi connectivity index (χ0v) is 22.1. The number of anilines is 1. The Kier molecular flexibility index (Phi) is 9.04. The molecule has 0 saturated carbocycles. The van der Waals surface area contributed by atoms with Crippen molar-refractivity contribution >= 4 is 29.3 Å². The second kappa shape index (κ2) is 13.0. The molecule has 4 aromatic rings. The number of rotatable bonds is 10. The lowest BCUT2D eigenvalue weighted by atomic mass is 9.93. The van der Waals surface area contributed by atoms with Gasteiger partial charge >= 0.3 is 5.97 Å². The number of esters is 1. The van der Waals surface area contributed by atoms with Gasteiger partial charge < -0.3 is 21.1 Å². The largest absolute Gasteiger partial charge is 0.457 e. The van der Waals surface area contributed by atoms with Gasteiger partial charge in [0.1, 0.15) is 12.4 Å². The van der Waals surface area contributed by atoms with Gasteiger partial charge in [-0.3, -0.25) is 15.0 Å². The van der Waals surface area contributed by atoms with E-state index in [1.54, 1.807) is 60.7 Å². The number of hydrogen-bond acceptors (Lipinski definition) is 5. The molecule has 0 aliphatic carbocycles. The fourth-order valence-corrected chi connectivity index (χ4v) is 4.08. The predicted octanol–water partition coefficient (Wildman–Crippen LogP) is 5.39. The Morgan fingerprint density at radius 1 is 0.775 bits per heavy atom. The lowest BCUT2D eigenvalue weighted by Gasteiger charge is -2.15. The molecule has 0 fully saturated rings. The van der Waals surface area contributed by atoms with Gasteiger partial charge in [-0.2, -0.15) is 0 Å². The summed E-state index contributed by atoms with van der Waals surface area (Å²) in [6, 6.07) is 27.6. The molecule has 0 bridgehead atoms. The Morgan fingerprint density at radius 3 is 2.12 bits per heavy atom. The molecule has 4 aromatic carbocycles. The van der Waals surface area contributed by atoms with Crippen molar-refractivity contribution in [2.75, 3.05) is 11.9 Å². The number of amidine groups is 1. The molecule has 2 amide bonds. The second-order valence-electron chi connectivity index (χ2n) is 9.07. The molecule has 0 unspecified atom stereocenters. The second-order valence-corrected chi connectivity index (χ2v) is 9.07. The third kappa shape index (κ3) is 6.79. The van der Waals surface area contributed by atoms with Crippen molar-refractivity contribution in [3.8, 4) is 11.1 Å². The maximum absolute atomic E-state index is 13.4. The molecule has 0 aliphatic rings. The minimum absolute atomic E-state index is 0.0593. The van der Waals surface area contributed by atoms with E-state index in [1.165, 1.54) is 6.07 Å². The molecule has 0 saturated heterocycles. The number of carbonyl (C=O) groups is 3. The Hall–Kier alpha value is -5.24. The van der Waals surface area contributed by atoms with Gasteiger partial charge in [-0.15, -0.1) is 0 Å². The molecule has 0 radical (unpaired) electrons. The molecule has 40 heavy (non-hydrogen) atoms. The van der Waals surface area contributed by atoms with E-state index < -0.39 is 5.97 Å². The summed E-state index contributed by atoms with van der Waals surface area (Å²) in [5.74, 6) is -1.37. The van der Waals surface area contributed by atoms with Crippen LogP contribution in [0.15, 0.2) is 97.1 Å². The summed E-state index contributed by atoms with van der Waals surface area (Å²) in [5.41, 5.74) is 9.20. The van der Waals surface area contributed by atoms with E-state index in [0.29, 0.717) is 40.0 Å². The first-order valence-corrected chi connectivity index (χ1v) is 12.9. The van der Waals surface area contributed by atoms with Gasteiger partial charge in [0.15, 0.2) is 0 Å². The van der Waals surface area contributed by atoms with Crippen LogP contribution in [0.3, 0.4) is 0 Å². The highest BCUT2D eigenvalue weighted by Crippen LogP contribution is 2.30. The van der Waals surface area contributed by atoms with Crippen molar-refractivity contribution in [1.29, 1.82) is 5.41 Å². The van der Waals surface area contributed by atoms with Gasteiger partial charge in [-0.1, -0.05) is 61.5 Å². The number of nitrogens with two attached hydrogens (primary N) is 1. The van der Waals surface area contributed by atoms with Gasteiger partial charge in [0.05, 0.1) is 5.56 Å². The molecular weight excluding hydrogens is 504 g/mol. The minimum Gasteiger partial charge on any atom is -0.457 e. The van der Waals surface area contributed by atoms with Crippen molar-refractivity contribution in [3.63, 3.8) is 0 Å². The van der Waals surface area contributed by atoms with Crippen molar-refractivity contribution in [2.45, 2.75) is 20.0 Å². The van der Waals surface area contributed by atoms with Crippen LogP contribution in [-0.2, 0) is 11.3 Å². The lowest BCUT2D eigenvalue weighted by Crippen LogP contribution is -2.24. The zero-order valence-electron chi connectivity index (χ0n) is 22.1. The van der Waals surface area contributed by atoms with Crippen molar-refractivity contribution < 1.29 is 19.1 Å². The molecule has 5 N–H and O–H groups in total. The van der Waals surface area contributed by atoms with Gasteiger partial charge in [-0.05, 0) is 65.6 Å². The number of hydrogen-bond donors (Lipinski definition) is 4. The first kappa shape index (κ1) is 27.8. The van der Waals surface area contributed by atoms with Gasteiger partial charge in [-0.25, -0.2) is 4.79 Å². The Balaban J connectivity index is 1.68. The summed E-state index contributed by atoms with van der Waals surface area (Å²) in [7, 11) is 0. The zero-order chi connectivity index (χ0) is 28.5. The standard InChI is InChI=1S/C32H30N4O4/c1-2-18-35-30(37)23-14-17-26(28(19-23)32(39)40-20-21-8-4-3-5-9-21)25-10-6-7-11-27(25)31(38)36-24-15-12-22(13-16-24)29(33)34/h3-17,19H,2,18,20H2,1H3,(H3,33,34)(H,35,37)(H,36,38). The van der Waals surface area contributed by atoms with Crippen LogP contribution in [0.5, 0.6) is 0 Å². The van der Waals surface area contributed by atoms with Crippen molar-refractivity contribution in [1.82, 2.24) is 5.32 Å². The average Bonchev–Trinajstić information content (AvgIpc) is 2.99. The molecule has 0 aliphatic heterocycles. The summed E-state index contributed by atoms with van der Waals surface area (Å²) in [6.45, 7) is 2.52. The van der Waals surface area contributed by atoms with Crippen LogP contribution in [0.2, 0.25) is 0 Å². The maximum atomic E-state index is 13.4. The van der Waals surface area contributed by atoms with E-state index in [-0.39, 0.29) is 29.8 Å². The van der Waals surface area contributed by atoms with E-state index in [1.807, 2.05) is 37.3 Å². The molecule has 4 rings (SSSR count). The maximum Gasteiger partial charge on any atom is 0.339 e. The van der Waals surface area contributed by atoms with Crippen LogP contribution >= 0.6 is 0 Å². The van der Waals surface area contributed by atoms with Gasteiger partial charge in [0, 0.05) is 28.9 Å². The SMILES string of the molecule is CCCNC(=O)c1ccc(-c2ccccc2C(=O)Nc2ccc(C(=N)N)cc2)c(C(=O)OCc2ccccc2)c1. The molecule has 0 heterocycles. The normalized spacial score (nSPS) is 10.4. The number of carbonyl (C=O) groups excluding carboxylic acids is 3. The van der Waals surface area contributed by atoms with E-state index >= 15 is 0 Å². The molecule has 0 spiro atoms. The lowest BCUT2D eigenvalue weighted by molar-refractivity contribution is 0.0473. The van der Waals surface area contributed by atoms with Crippen LogP contribution in [0, 0.1) is 5.41 Å². The van der Waals surface area contributed by atoms with Crippen LogP contribution in [0.1, 0.15) is 55.5 Å². The van der Waals surface area contributed by atoms with Crippen molar-refractivity contribution in [2.24, 2.45) is 5.73 Å². The van der Waals surface area contributed by atoms with Crippen LogP contribution in [0.25, 0.3) is 11.1 Å². The van der Waals surface area contributed by atoms with Gasteiger partial charge in [0.2, 0.25) is 0 Å². The molecule has 0 atom stereocenters. The van der Waals surface area contributed by atoms with Crippen LogP contribution < -0.4 is 16.4 Å². The number of ether oxygens (including phenoxy) is 1. The highest BCUT2D eigenvalue weighted by molar-refractivity contribution is 6.11. The summed E-state index contributed by atoms with van der Waals surface area (Å²) in [6.07, 6.45) is 0.774. The van der Waals surface area contributed by atoms with Gasteiger partial charge in [0.25, 0.3) is 11.8 Å². The van der Waals surface area contributed by atoms with Crippen molar-refractivity contribution in [3.05, 3.63) is 125 Å². The van der Waals surface area contributed by atoms with Crippen LogP contribution in [-0.4, -0.2) is 30.2 Å². The number of benzene rings is 4. The number of amides is 2. The number of nitrogen functional groups attached to an aromatic ring is 1. The fourth-order valence-electron chi connectivity index (χ4n) is 4.08. The van der Waals surface area contributed by atoms with E-state index in [0.717, 1.165) is 12.0 Å². The first-order valence-electron chi connectivity index (χ1n) is 12.9. The first-order chi connectivity index (χ1) is 19.4. The molecule has 202 valence electrons. The summed E-state index contributed by atoms with van der Waals surface area (Å²) in [4.78, 5) is 39.4. The summed E-state index contributed by atoms with van der Waals surface area (Å²) < 4.78 is 5.62. The Bertz CT molecular complexity index is 1530. The molecule has 8 nitrogen and oxygen atoms in total. The molecule has 0 aromatic heterocycles. The monoisotopic (exact) mass is 534 g/mol. The smallest absolute Gasteiger partial charge is 0.339 e. The molecular formula is C32H30N4O4. The highest BCUT2D eigenvalue weighted by Gasteiger charge is 2.21. The third-order valence-corrected chi connectivity index (χ3v) is 6.17. The predicted molar refractivity (Wildman–Crippen MR) is 155 cm³/mol. The van der Waals surface area contributed by atoms with E-state index in [9.17, 15) is 14.4 Å². The topological polar surface area (TPSA) is 134 Å². The number of nitrogens with one attached hydrogen (secondary N) is 3. The minimum atomic E-state index is -0.612. The summed E-state index contributed by atoms with van der Waals surface area (Å²) in [5, 5.41) is 13.2. The highest BCUT2D eigenvalue weighted by atomic mass is 16.5. The van der Waals surface area contributed by atoms with E-state index in [4.69, 9.17) is 15.9 Å². The van der Waals surface area contributed by atoms with Crippen LogP contribution in [0.4, 0.5) is 5.69 Å². The Labute approximate surface area is 232 Å². The average molecular weight is 535 g/mol. The summed E-state index contributed by atoms with van der Waals surface area (Å²) >= 11 is 0. The quantitative estimate of drug-likeness (QED) is 0.123. The van der Waals surface area contributed by atoms with E-state index in [2.05, 4.69) is 10.6 Å². The fraction of sp³-hybridized carbons (Fsp3) is 0.125. The third-order valence-electron chi connectivity index (χ3n) is 6.17. The Morgan fingerprint density at radius 2 is 1.43 bits per heavy atom. The molecule has 8 heteroatoms.